The first kappa shape index (κ1) is 15.1. The van der Waals surface area contributed by atoms with Gasteiger partial charge in [-0.15, -0.1) is 0 Å². The second-order valence-electron chi connectivity index (χ2n) is 5.45. The van der Waals surface area contributed by atoms with Crippen molar-refractivity contribution in [1.82, 2.24) is 14.8 Å². The number of nitrogens with one attached hydrogen (secondary N) is 1. The predicted octanol–water partition coefficient (Wildman–Crippen LogP) is 2.70. The van der Waals surface area contributed by atoms with E-state index in [2.05, 4.69) is 15.2 Å². The van der Waals surface area contributed by atoms with E-state index in [1.54, 1.807) is 11.3 Å². The molecule has 7 heteroatoms. The highest BCUT2D eigenvalue weighted by molar-refractivity contribution is 7.08. The first-order valence-electron chi connectivity index (χ1n) is 7.35. The molecule has 0 aliphatic carbocycles. The Morgan fingerprint density at radius 1 is 1.36 bits per heavy atom. The maximum Gasteiger partial charge on any atom is 0.321 e. The van der Waals surface area contributed by atoms with E-state index in [-0.39, 0.29) is 6.03 Å². The van der Waals surface area contributed by atoms with Gasteiger partial charge in [-0.3, -0.25) is 4.90 Å². The maximum atomic E-state index is 12.1. The van der Waals surface area contributed by atoms with Crippen LogP contribution in [0.25, 0.3) is 0 Å². The third-order valence-corrected chi connectivity index (χ3v) is 4.55. The van der Waals surface area contributed by atoms with E-state index < -0.39 is 0 Å². The molecule has 1 fully saturated rings. The second-order valence-corrected chi connectivity index (χ2v) is 6.23. The van der Waals surface area contributed by atoms with Crippen LogP contribution >= 0.6 is 11.3 Å². The standard InChI is InChI=1S/C15H20N4O2S/c1-11-12(2)21-14(16-11)9-18-4-6-19(7-5-18)15(20)17-13-3-8-22-10-13/h3,8,10H,4-7,9H2,1-2H3,(H,17,20). The molecule has 1 aliphatic rings. The van der Waals surface area contributed by atoms with Gasteiger partial charge in [-0.25, -0.2) is 9.78 Å². The first-order valence-corrected chi connectivity index (χ1v) is 8.29. The Balaban J connectivity index is 1.48. The summed E-state index contributed by atoms with van der Waals surface area (Å²) in [6.07, 6.45) is 0. The SMILES string of the molecule is Cc1nc(CN2CCN(C(=O)Nc3ccsc3)CC2)oc1C. The summed E-state index contributed by atoms with van der Waals surface area (Å²) in [4.78, 5) is 20.7. The summed E-state index contributed by atoms with van der Waals surface area (Å²) in [6.45, 7) is 7.68. The van der Waals surface area contributed by atoms with Crippen molar-refractivity contribution < 1.29 is 9.21 Å². The van der Waals surface area contributed by atoms with Crippen molar-refractivity contribution >= 4 is 23.1 Å². The normalized spacial score (nSPS) is 16.0. The molecule has 3 heterocycles. The zero-order valence-corrected chi connectivity index (χ0v) is 13.7. The lowest BCUT2D eigenvalue weighted by atomic mass is 10.3. The molecule has 1 N–H and O–H groups in total. The number of piperazine rings is 1. The van der Waals surface area contributed by atoms with Gasteiger partial charge < -0.3 is 14.6 Å². The summed E-state index contributed by atoms with van der Waals surface area (Å²) in [6, 6.07) is 1.88. The fraction of sp³-hybridized carbons (Fsp3) is 0.467. The number of amides is 2. The van der Waals surface area contributed by atoms with Gasteiger partial charge in [-0.05, 0) is 25.3 Å². The molecule has 0 atom stereocenters. The van der Waals surface area contributed by atoms with Crippen molar-refractivity contribution in [2.45, 2.75) is 20.4 Å². The van der Waals surface area contributed by atoms with Crippen molar-refractivity contribution in [3.8, 4) is 0 Å². The topological polar surface area (TPSA) is 61.6 Å². The molecule has 6 nitrogen and oxygen atoms in total. The number of urea groups is 1. The number of nitrogens with zero attached hydrogens (tertiary/aromatic N) is 3. The van der Waals surface area contributed by atoms with Crippen LogP contribution in [0.3, 0.4) is 0 Å². The molecule has 3 rings (SSSR count). The molecule has 0 bridgehead atoms. The van der Waals surface area contributed by atoms with Crippen molar-refractivity contribution in [2.75, 3.05) is 31.5 Å². The number of hydrogen-bond donors (Lipinski definition) is 1. The van der Waals surface area contributed by atoms with Crippen molar-refractivity contribution in [1.29, 1.82) is 0 Å². The average molecular weight is 320 g/mol. The van der Waals surface area contributed by atoms with E-state index in [1.165, 1.54) is 0 Å². The third kappa shape index (κ3) is 3.48. The lowest BCUT2D eigenvalue weighted by Crippen LogP contribution is -2.49. The highest BCUT2D eigenvalue weighted by Crippen LogP contribution is 2.15. The summed E-state index contributed by atoms with van der Waals surface area (Å²) in [7, 11) is 0. The summed E-state index contributed by atoms with van der Waals surface area (Å²) in [5.41, 5.74) is 1.81. The Hall–Kier alpha value is -1.86. The molecular formula is C15H20N4O2S. The molecule has 22 heavy (non-hydrogen) atoms. The Morgan fingerprint density at radius 3 is 2.73 bits per heavy atom. The van der Waals surface area contributed by atoms with Crippen molar-refractivity contribution in [3.05, 3.63) is 34.2 Å². The molecule has 0 aromatic carbocycles. The number of carbonyl (C=O) groups is 1. The van der Waals surface area contributed by atoms with Crippen LogP contribution in [-0.4, -0.2) is 47.0 Å². The van der Waals surface area contributed by atoms with Crippen LogP contribution in [0, 0.1) is 13.8 Å². The molecule has 2 amide bonds. The van der Waals surface area contributed by atoms with E-state index in [0.717, 1.165) is 36.1 Å². The minimum atomic E-state index is -0.0270. The minimum absolute atomic E-state index is 0.0270. The number of carbonyl (C=O) groups excluding carboxylic acids is 1. The lowest BCUT2D eigenvalue weighted by molar-refractivity contribution is 0.135. The molecule has 0 unspecified atom stereocenters. The Morgan fingerprint density at radius 2 is 2.14 bits per heavy atom. The van der Waals surface area contributed by atoms with Gasteiger partial charge in [0.2, 0.25) is 5.89 Å². The fourth-order valence-electron chi connectivity index (χ4n) is 2.45. The van der Waals surface area contributed by atoms with Crippen molar-refractivity contribution in [3.63, 3.8) is 0 Å². The number of hydrogen-bond acceptors (Lipinski definition) is 5. The average Bonchev–Trinajstić information content (AvgIpc) is 3.10. The smallest absolute Gasteiger partial charge is 0.321 e. The van der Waals surface area contributed by atoms with E-state index in [9.17, 15) is 4.79 Å². The summed E-state index contributed by atoms with van der Waals surface area (Å²) in [5.74, 6) is 1.63. The number of rotatable bonds is 3. The Kier molecular flexibility index (Phi) is 4.44. The molecule has 1 saturated heterocycles. The fourth-order valence-corrected chi connectivity index (χ4v) is 3.03. The lowest BCUT2D eigenvalue weighted by Gasteiger charge is -2.33. The largest absolute Gasteiger partial charge is 0.444 e. The number of aryl methyl sites for hydroxylation is 2. The number of oxazole rings is 1. The first-order chi connectivity index (χ1) is 10.6. The van der Waals surface area contributed by atoms with Gasteiger partial charge in [0.1, 0.15) is 5.76 Å². The van der Waals surface area contributed by atoms with Crippen molar-refractivity contribution in [2.24, 2.45) is 0 Å². The zero-order chi connectivity index (χ0) is 15.5. The number of aromatic nitrogens is 1. The molecule has 2 aromatic rings. The Labute approximate surface area is 133 Å². The molecular weight excluding hydrogens is 300 g/mol. The van der Waals surface area contributed by atoms with Crippen LogP contribution in [-0.2, 0) is 6.54 Å². The monoisotopic (exact) mass is 320 g/mol. The van der Waals surface area contributed by atoms with Crippen LogP contribution in [0.2, 0.25) is 0 Å². The molecule has 0 radical (unpaired) electrons. The number of anilines is 1. The van der Waals surface area contributed by atoms with Crippen LogP contribution in [0.4, 0.5) is 10.5 Å². The number of thiophene rings is 1. The highest BCUT2D eigenvalue weighted by Gasteiger charge is 2.22. The predicted molar refractivity (Wildman–Crippen MR) is 86.2 cm³/mol. The molecule has 1 aliphatic heterocycles. The van der Waals surface area contributed by atoms with Gasteiger partial charge in [0.15, 0.2) is 0 Å². The van der Waals surface area contributed by atoms with E-state index in [0.29, 0.717) is 19.6 Å². The van der Waals surface area contributed by atoms with Crippen LogP contribution in [0.5, 0.6) is 0 Å². The maximum absolute atomic E-state index is 12.1. The summed E-state index contributed by atoms with van der Waals surface area (Å²) in [5, 5.41) is 6.80. The minimum Gasteiger partial charge on any atom is -0.444 e. The van der Waals surface area contributed by atoms with Gasteiger partial charge in [-0.1, -0.05) is 0 Å². The van der Waals surface area contributed by atoms with E-state index >= 15 is 0 Å². The van der Waals surface area contributed by atoms with E-state index in [1.807, 2.05) is 35.6 Å². The molecule has 0 saturated carbocycles. The quantitative estimate of drug-likeness (QED) is 0.944. The zero-order valence-electron chi connectivity index (χ0n) is 12.8. The molecule has 0 spiro atoms. The summed E-state index contributed by atoms with van der Waals surface area (Å²) < 4.78 is 5.62. The van der Waals surface area contributed by atoms with Gasteiger partial charge in [0.05, 0.1) is 17.9 Å². The summed E-state index contributed by atoms with van der Waals surface area (Å²) >= 11 is 1.57. The third-order valence-electron chi connectivity index (χ3n) is 3.86. The van der Waals surface area contributed by atoms with E-state index in [4.69, 9.17) is 4.42 Å². The van der Waals surface area contributed by atoms with Crippen LogP contribution in [0.1, 0.15) is 17.3 Å². The van der Waals surface area contributed by atoms with Gasteiger partial charge in [-0.2, -0.15) is 11.3 Å². The van der Waals surface area contributed by atoms with Gasteiger partial charge in [0.25, 0.3) is 0 Å². The molecule has 2 aromatic heterocycles. The highest BCUT2D eigenvalue weighted by atomic mass is 32.1. The second kappa shape index (κ2) is 6.50. The van der Waals surface area contributed by atoms with Gasteiger partial charge in [0, 0.05) is 31.6 Å². The van der Waals surface area contributed by atoms with Gasteiger partial charge >= 0.3 is 6.03 Å². The van der Waals surface area contributed by atoms with Crippen LogP contribution in [0.15, 0.2) is 21.2 Å². The molecule has 118 valence electrons. The Bertz CT molecular complexity index is 611. The van der Waals surface area contributed by atoms with Crippen LogP contribution < -0.4 is 5.32 Å².